The van der Waals surface area contributed by atoms with Crippen molar-refractivity contribution in [2.45, 2.75) is 38.4 Å². The van der Waals surface area contributed by atoms with Gasteiger partial charge in [-0.15, -0.1) is 5.11 Å². The zero-order valence-electron chi connectivity index (χ0n) is 21.5. The monoisotopic (exact) mass is 540 g/mol. The highest BCUT2D eigenvalue weighted by atomic mass is 19.1. The van der Waals surface area contributed by atoms with Gasteiger partial charge in [0.15, 0.2) is 0 Å². The summed E-state index contributed by atoms with van der Waals surface area (Å²) in [6.45, 7) is 1.99. The molecule has 0 amide bonds. The lowest BCUT2D eigenvalue weighted by molar-refractivity contribution is 0.0750. The fourth-order valence-corrected chi connectivity index (χ4v) is 4.69. The van der Waals surface area contributed by atoms with E-state index in [4.69, 9.17) is 15.3 Å². The number of aliphatic hydroxyl groups is 1. The molecule has 2 aromatic carbocycles. The highest BCUT2D eigenvalue weighted by Gasteiger charge is 2.32. The number of halogens is 1. The number of hydrogen-bond acceptors (Lipinski definition) is 9. The molecule has 1 aliphatic carbocycles. The van der Waals surface area contributed by atoms with Crippen LogP contribution in [0, 0.1) is 12.7 Å². The average molecular weight is 541 g/mol. The van der Waals surface area contributed by atoms with E-state index in [1.165, 1.54) is 18.5 Å². The average Bonchev–Trinajstić information content (AvgIpc) is 3.31. The molecule has 0 saturated heterocycles. The van der Waals surface area contributed by atoms with Gasteiger partial charge in [0, 0.05) is 53.6 Å². The molecule has 202 valence electrons. The predicted octanol–water partition coefficient (Wildman–Crippen LogP) is 5.23. The van der Waals surface area contributed by atoms with Crippen molar-refractivity contribution in [1.82, 2.24) is 24.5 Å². The second-order valence-electron chi connectivity index (χ2n) is 9.53. The number of aryl methyl sites for hydroxylation is 1. The van der Waals surface area contributed by atoms with Crippen LogP contribution < -0.4 is 15.3 Å². The van der Waals surface area contributed by atoms with E-state index in [-0.39, 0.29) is 18.6 Å². The first-order chi connectivity index (χ1) is 19.5. The maximum Gasteiger partial charge on any atom is 0.204 e. The number of nitrogens with two attached hydrogens (primary N) is 1. The van der Waals surface area contributed by atoms with Crippen LogP contribution in [-0.2, 0) is 6.61 Å². The Labute approximate surface area is 228 Å². The van der Waals surface area contributed by atoms with E-state index >= 15 is 0 Å². The molecule has 3 heterocycles. The summed E-state index contributed by atoms with van der Waals surface area (Å²) in [5, 5.41) is 17.2. The molecule has 0 bridgehead atoms. The van der Waals surface area contributed by atoms with Crippen LogP contribution in [0.5, 0.6) is 17.2 Å². The van der Waals surface area contributed by atoms with Gasteiger partial charge in [0.1, 0.15) is 47.3 Å². The van der Waals surface area contributed by atoms with E-state index in [0.717, 1.165) is 22.3 Å². The van der Waals surface area contributed by atoms with E-state index in [9.17, 15) is 9.50 Å². The lowest BCUT2D eigenvalue weighted by atomic mass is 9.78. The standard InChI is InChI=1S/C28H25FN8O3/c1-16-31-11-17(12-32-16)14-39-23-8-19(29)9-24(10-23)40-22-4-2-20(3-5-22)37-13-25(18-6-21(38)7-18)26-27(37)28(35-36-30)34-15-33-26/h2-5,8-13,15,18,21,38H,6-7,14H2,1H3,(H2,30,33,34,35)/t18-,21+. The summed E-state index contributed by atoms with van der Waals surface area (Å²) in [4.78, 5) is 17.0. The molecule has 1 aliphatic rings. The minimum Gasteiger partial charge on any atom is -0.489 e. The topological polar surface area (TPSA) is 146 Å². The smallest absolute Gasteiger partial charge is 0.204 e. The van der Waals surface area contributed by atoms with Crippen molar-refractivity contribution in [3.63, 3.8) is 0 Å². The molecule has 0 unspecified atom stereocenters. The molecule has 12 heteroatoms. The van der Waals surface area contributed by atoms with Crippen molar-refractivity contribution in [2.24, 2.45) is 16.2 Å². The molecular formula is C28H25FN8O3. The summed E-state index contributed by atoms with van der Waals surface area (Å²) in [7, 11) is 0. The summed E-state index contributed by atoms with van der Waals surface area (Å²) < 4.78 is 27.9. The summed E-state index contributed by atoms with van der Waals surface area (Å²) in [6, 6.07) is 11.5. The third-order valence-corrected chi connectivity index (χ3v) is 6.73. The Bertz CT molecular complexity index is 1680. The Hall–Kier alpha value is -4.97. The van der Waals surface area contributed by atoms with Gasteiger partial charge in [-0.25, -0.2) is 24.3 Å². The summed E-state index contributed by atoms with van der Waals surface area (Å²) in [5.41, 5.74) is 3.96. The van der Waals surface area contributed by atoms with E-state index in [1.807, 2.05) is 22.9 Å². The highest BCUT2D eigenvalue weighted by Crippen LogP contribution is 2.42. The van der Waals surface area contributed by atoms with Crippen LogP contribution in [0.15, 0.2) is 77.7 Å². The number of benzene rings is 2. The fraction of sp³-hybridized carbons (Fsp3) is 0.214. The van der Waals surface area contributed by atoms with Crippen LogP contribution in [0.1, 0.15) is 35.7 Å². The SMILES string of the molecule is Cc1ncc(COc2cc(F)cc(Oc3ccc(-n4cc([C@H]5C[C@@H](O)C5)c5ncnc(N=NN)c54)cc3)c2)cn1. The summed E-state index contributed by atoms with van der Waals surface area (Å²) in [6.07, 6.45) is 7.77. The molecule has 0 atom stereocenters. The minimum absolute atomic E-state index is 0.182. The Kier molecular flexibility index (Phi) is 6.74. The van der Waals surface area contributed by atoms with Gasteiger partial charge in [-0.2, -0.15) is 0 Å². The lowest BCUT2D eigenvalue weighted by Crippen LogP contribution is -2.26. The molecule has 0 radical (unpaired) electrons. The zero-order valence-corrected chi connectivity index (χ0v) is 21.5. The molecular weight excluding hydrogens is 515 g/mol. The molecule has 40 heavy (non-hydrogen) atoms. The second kappa shape index (κ2) is 10.7. The Morgan fingerprint density at radius 2 is 1.77 bits per heavy atom. The van der Waals surface area contributed by atoms with E-state index in [1.54, 1.807) is 37.5 Å². The highest BCUT2D eigenvalue weighted by molar-refractivity contribution is 5.89. The number of ether oxygens (including phenoxy) is 2. The Balaban J connectivity index is 1.24. The van der Waals surface area contributed by atoms with Crippen LogP contribution in [0.3, 0.4) is 0 Å². The van der Waals surface area contributed by atoms with Crippen LogP contribution >= 0.6 is 0 Å². The molecule has 11 nitrogen and oxygen atoms in total. The first-order valence-electron chi connectivity index (χ1n) is 12.6. The van der Waals surface area contributed by atoms with Crippen LogP contribution in [0.4, 0.5) is 10.2 Å². The molecule has 1 fully saturated rings. The number of hydrogen-bond donors (Lipinski definition) is 2. The molecule has 3 N–H and O–H groups in total. The number of nitrogens with zero attached hydrogens (tertiary/aromatic N) is 7. The van der Waals surface area contributed by atoms with Crippen LogP contribution in [0.25, 0.3) is 16.7 Å². The summed E-state index contributed by atoms with van der Waals surface area (Å²) >= 11 is 0. The second-order valence-corrected chi connectivity index (χ2v) is 9.53. The van der Waals surface area contributed by atoms with Gasteiger partial charge in [-0.05, 0) is 49.9 Å². The number of aliphatic hydroxyl groups excluding tert-OH is 1. The largest absolute Gasteiger partial charge is 0.489 e. The van der Waals surface area contributed by atoms with Gasteiger partial charge in [0.2, 0.25) is 5.82 Å². The Morgan fingerprint density at radius 1 is 1.02 bits per heavy atom. The first-order valence-corrected chi connectivity index (χ1v) is 12.6. The molecule has 0 aliphatic heterocycles. The molecule has 6 rings (SSSR count). The molecule has 5 aromatic rings. The zero-order chi connectivity index (χ0) is 27.6. The number of rotatable bonds is 8. The summed E-state index contributed by atoms with van der Waals surface area (Å²) in [5.74, 6) is 7.14. The minimum atomic E-state index is -0.488. The fourth-order valence-electron chi connectivity index (χ4n) is 4.69. The van der Waals surface area contributed by atoms with Crippen molar-refractivity contribution in [3.8, 4) is 22.9 Å². The van der Waals surface area contributed by atoms with Gasteiger partial charge < -0.3 is 25.0 Å². The van der Waals surface area contributed by atoms with Gasteiger partial charge in [0.25, 0.3) is 0 Å². The van der Waals surface area contributed by atoms with Crippen molar-refractivity contribution >= 4 is 16.9 Å². The van der Waals surface area contributed by atoms with Gasteiger partial charge in [-0.3, -0.25) is 0 Å². The molecule has 1 saturated carbocycles. The van der Waals surface area contributed by atoms with Crippen molar-refractivity contribution in [1.29, 1.82) is 0 Å². The quantitative estimate of drug-likeness (QED) is 0.155. The van der Waals surface area contributed by atoms with Crippen molar-refractivity contribution < 1.29 is 19.0 Å². The maximum atomic E-state index is 14.3. The van der Waals surface area contributed by atoms with E-state index < -0.39 is 5.82 Å². The van der Waals surface area contributed by atoms with E-state index in [0.29, 0.717) is 47.2 Å². The molecule has 0 spiro atoms. The van der Waals surface area contributed by atoms with Gasteiger partial charge in [-0.1, -0.05) is 5.22 Å². The van der Waals surface area contributed by atoms with Crippen molar-refractivity contribution in [2.75, 3.05) is 0 Å². The Morgan fingerprint density at radius 3 is 2.50 bits per heavy atom. The van der Waals surface area contributed by atoms with E-state index in [2.05, 4.69) is 30.3 Å². The van der Waals surface area contributed by atoms with Gasteiger partial charge in [0.05, 0.1) is 11.6 Å². The number of aromatic nitrogens is 5. The first kappa shape index (κ1) is 25.3. The lowest BCUT2D eigenvalue weighted by Gasteiger charge is -2.30. The third-order valence-electron chi connectivity index (χ3n) is 6.73. The van der Waals surface area contributed by atoms with Gasteiger partial charge >= 0.3 is 0 Å². The van der Waals surface area contributed by atoms with Crippen molar-refractivity contribution in [3.05, 3.63) is 90.2 Å². The normalized spacial score (nSPS) is 16.8. The third kappa shape index (κ3) is 5.16. The predicted molar refractivity (Wildman–Crippen MR) is 143 cm³/mol. The number of fused-ring (bicyclic) bond motifs is 1. The maximum absolute atomic E-state index is 14.3. The van der Waals surface area contributed by atoms with Crippen LogP contribution in [0.2, 0.25) is 0 Å². The molecule has 3 aromatic heterocycles. The van der Waals surface area contributed by atoms with Crippen LogP contribution in [-0.4, -0.2) is 35.7 Å².